The van der Waals surface area contributed by atoms with Crippen molar-refractivity contribution >= 4 is 17.3 Å². The fourth-order valence-electron chi connectivity index (χ4n) is 1.97. The van der Waals surface area contributed by atoms with Crippen LogP contribution in [0, 0.1) is 0 Å². The highest BCUT2D eigenvalue weighted by molar-refractivity contribution is 6.31. The average molecular weight is 291 g/mol. The number of nitrogens with two attached hydrogens (primary N) is 1. The zero-order valence-corrected chi connectivity index (χ0v) is 12.5. The van der Waals surface area contributed by atoms with Gasteiger partial charge in [0.1, 0.15) is 11.9 Å². The SMILES string of the molecule is CN(C)c1cccc(OC(CN)c2ccccc2Cl)c1. The van der Waals surface area contributed by atoms with Crippen LogP contribution in [-0.2, 0) is 0 Å². The summed E-state index contributed by atoms with van der Waals surface area (Å²) in [6.45, 7) is 0.371. The predicted octanol–water partition coefficient (Wildman–Crippen LogP) is 3.48. The Bertz CT molecular complexity index is 572. The molecule has 20 heavy (non-hydrogen) atoms. The van der Waals surface area contributed by atoms with Crippen molar-refractivity contribution in [3.63, 3.8) is 0 Å². The second-order valence-corrected chi connectivity index (χ2v) is 5.16. The molecular formula is C16H19ClN2O. The van der Waals surface area contributed by atoms with E-state index >= 15 is 0 Å². The van der Waals surface area contributed by atoms with Crippen LogP contribution in [0.4, 0.5) is 5.69 Å². The van der Waals surface area contributed by atoms with Gasteiger partial charge in [-0.25, -0.2) is 0 Å². The van der Waals surface area contributed by atoms with Crippen LogP contribution in [0.2, 0.25) is 5.02 Å². The molecule has 106 valence electrons. The van der Waals surface area contributed by atoms with Crippen LogP contribution in [0.5, 0.6) is 5.75 Å². The third-order valence-corrected chi connectivity index (χ3v) is 3.42. The number of anilines is 1. The number of hydrogen-bond donors (Lipinski definition) is 1. The van der Waals surface area contributed by atoms with Crippen LogP contribution in [0.3, 0.4) is 0 Å². The van der Waals surface area contributed by atoms with Crippen LogP contribution in [0.25, 0.3) is 0 Å². The van der Waals surface area contributed by atoms with Crippen molar-refractivity contribution < 1.29 is 4.74 Å². The molecule has 2 aromatic rings. The van der Waals surface area contributed by atoms with E-state index in [1.165, 1.54) is 0 Å². The van der Waals surface area contributed by atoms with Gasteiger partial charge in [0.05, 0.1) is 0 Å². The molecule has 0 amide bonds. The van der Waals surface area contributed by atoms with E-state index in [1.54, 1.807) is 0 Å². The predicted molar refractivity (Wildman–Crippen MR) is 84.6 cm³/mol. The summed E-state index contributed by atoms with van der Waals surface area (Å²) in [4.78, 5) is 2.03. The van der Waals surface area contributed by atoms with Crippen molar-refractivity contribution in [1.82, 2.24) is 0 Å². The lowest BCUT2D eigenvalue weighted by Gasteiger charge is -2.20. The summed E-state index contributed by atoms with van der Waals surface area (Å²) < 4.78 is 5.99. The lowest BCUT2D eigenvalue weighted by Crippen LogP contribution is -2.19. The number of benzene rings is 2. The Balaban J connectivity index is 2.23. The maximum Gasteiger partial charge on any atom is 0.137 e. The van der Waals surface area contributed by atoms with Gasteiger partial charge in [-0.1, -0.05) is 35.9 Å². The minimum atomic E-state index is -0.249. The van der Waals surface area contributed by atoms with E-state index in [2.05, 4.69) is 0 Å². The molecule has 0 heterocycles. The molecule has 0 fully saturated rings. The minimum Gasteiger partial charge on any atom is -0.484 e. The number of halogens is 1. The van der Waals surface area contributed by atoms with Gasteiger partial charge in [-0.05, 0) is 18.2 Å². The molecule has 0 aliphatic rings. The summed E-state index contributed by atoms with van der Waals surface area (Å²) in [6.07, 6.45) is -0.249. The molecule has 1 atom stereocenters. The third-order valence-electron chi connectivity index (χ3n) is 3.08. The number of hydrogen-bond acceptors (Lipinski definition) is 3. The molecule has 0 radical (unpaired) electrons. The molecule has 0 aliphatic carbocycles. The smallest absolute Gasteiger partial charge is 0.137 e. The van der Waals surface area contributed by atoms with E-state index in [0.29, 0.717) is 11.6 Å². The Labute approximate surface area is 124 Å². The molecule has 4 heteroatoms. The van der Waals surface area contributed by atoms with Gasteiger partial charge in [0, 0.05) is 43.0 Å². The molecule has 1 unspecified atom stereocenters. The Hall–Kier alpha value is -1.71. The molecule has 0 aromatic heterocycles. The summed E-state index contributed by atoms with van der Waals surface area (Å²) in [5.41, 5.74) is 7.82. The summed E-state index contributed by atoms with van der Waals surface area (Å²) in [6, 6.07) is 15.5. The first-order valence-corrected chi connectivity index (χ1v) is 6.88. The Kier molecular flexibility index (Phi) is 4.88. The van der Waals surface area contributed by atoms with Crippen LogP contribution in [0.1, 0.15) is 11.7 Å². The number of ether oxygens (including phenoxy) is 1. The zero-order valence-electron chi connectivity index (χ0n) is 11.7. The fourth-order valence-corrected chi connectivity index (χ4v) is 2.23. The Morgan fingerprint density at radius 1 is 1.15 bits per heavy atom. The molecule has 2 aromatic carbocycles. The first kappa shape index (κ1) is 14.7. The van der Waals surface area contributed by atoms with E-state index in [-0.39, 0.29) is 6.10 Å². The van der Waals surface area contributed by atoms with Crippen molar-refractivity contribution in [3.8, 4) is 5.75 Å². The second kappa shape index (κ2) is 6.64. The van der Waals surface area contributed by atoms with Gasteiger partial charge in [0.15, 0.2) is 0 Å². The topological polar surface area (TPSA) is 38.5 Å². The van der Waals surface area contributed by atoms with Gasteiger partial charge in [0.25, 0.3) is 0 Å². The van der Waals surface area contributed by atoms with E-state index in [9.17, 15) is 0 Å². The molecule has 3 nitrogen and oxygen atoms in total. The van der Waals surface area contributed by atoms with Crippen molar-refractivity contribution in [1.29, 1.82) is 0 Å². The summed E-state index contributed by atoms with van der Waals surface area (Å²) >= 11 is 6.20. The van der Waals surface area contributed by atoms with E-state index < -0.39 is 0 Å². The Morgan fingerprint density at radius 3 is 2.55 bits per heavy atom. The van der Waals surface area contributed by atoms with Gasteiger partial charge in [-0.3, -0.25) is 0 Å². The summed E-state index contributed by atoms with van der Waals surface area (Å²) in [5.74, 6) is 0.784. The van der Waals surface area contributed by atoms with Crippen molar-refractivity contribution in [3.05, 3.63) is 59.1 Å². The molecule has 0 bridgehead atoms. The minimum absolute atomic E-state index is 0.249. The molecule has 0 saturated heterocycles. The largest absolute Gasteiger partial charge is 0.484 e. The third kappa shape index (κ3) is 3.44. The molecule has 2 N–H and O–H groups in total. The van der Waals surface area contributed by atoms with E-state index in [0.717, 1.165) is 17.0 Å². The normalized spacial score (nSPS) is 12.0. The maximum atomic E-state index is 6.20. The highest BCUT2D eigenvalue weighted by atomic mass is 35.5. The average Bonchev–Trinajstić information content (AvgIpc) is 2.46. The fraction of sp³-hybridized carbons (Fsp3) is 0.250. The van der Waals surface area contributed by atoms with Crippen LogP contribution < -0.4 is 15.4 Å². The molecule has 0 spiro atoms. The quantitative estimate of drug-likeness (QED) is 0.916. The highest BCUT2D eigenvalue weighted by Gasteiger charge is 2.14. The number of rotatable bonds is 5. The van der Waals surface area contributed by atoms with Gasteiger partial charge < -0.3 is 15.4 Å². The molecule has 0 aliphatic heterocycles. The zero-order chi connectivity index (χ0) is 14.5. The maximum absolute atomic E-state index is 6.20. The van der Waals surface area contributed by atoms with Crippen molar-refractivity contribution in [2.75, 3.05) is 25.5 Å². The van der Waals surface area contributed by atoms with Crippen LogP contribution in [-0.4, -0.2) is 20.6 Å². The van der Waals surface area contributed by atoms with Gasteiger partial charge in [-0.15, -0.1) is 0 Å². The van der Waals surface area contributed by atoms with E-state index in [1.807, 2.05) is 67.5 Å². The van der Waals surface area contributed by atoms with E-state index in [4.69, 9.17) is 22.1 Å². The first-order chi connectivity index (χ1) is 9.61. The summed E-state index contributed by atoms with van der Waals surface area (Å²) in [7, 11) is 3.99. The van der Waals surface area contributed by atoms with Gasteiger partial charge >= 0.3 is 0 Å². The molecule has 0 saturated carbocycles. The highest BCUT2D eigenvalue weighted by Crippen LogP contribution is 2.28. The first-order valence-electron chi connectivity index (χ1n) is 6.50. The lowest BCUT2D eigenvalue weighted by atomic mass is 10.1. The van der Waals surface area contributed by atoms with Crippen LogP contribution in [0.15, 0.2) is 48.5 Å². The lowest BCUT2D eigenvalue weighted by molar-refractivity contribution is 0.214. The number of nitrogens with zero attached hydrogens (tertiary/aromatic N) is 1. The Morgan fingerprint density at radius 2 is 1.90 bits per heavy atom. The van der Waals surface area contributed by atoms with Gasteiger partial charge in [-0.2, -0.15) is 0 Å². The summed E-state index contributed by atoms with van der Waals surface area (Å²) in [5, 5.41) is 0.673. The van der Waals surface area contributed by atoms with Crippen LogP contribution >= 0.6 is 11.6 Å². The van der Waals surface area contributed by atoms with Gasteiger partial charge in [0.2, 0.25) is 0 Å². The van der Waals surface area contributed by atoms with Crippen molar-refractivity contribution in [2.45, 2.75) is 6.10 Å². The second-order valence-electron chi connectivity index (χ2n) is 4.76. The van der Waals surface area contributed by atoms with Crippen molar-refractivity contribution in [2.24, 2.45) is 5.73 Å². The molecule has 2 rings (SSSR count). The molecular weight excluding hydrogens is 272 g/mol. The standard InChI is InChI=1S/C16H19ClN2O/c1-19(2)12-6-5-7-13(10-12)20-16(11-18)14-8-3-4-9-15(14)17/h3-10,16H,11,18H2,1-2H3. The monoisotopic (exact) mass is 290 g/mol.